The highest BCUT2D eigenvalue weighted by molar-refractivity contribution is 5.79. The molecule has 0 bridgehead atoms. The second-order valence-electron chi connectivity index (χ2n) is 7.11. The van der Waals surface area contributed by atoms with Crippen molar-refractivity contribution in [2.75, 3.05) is 7.11 Å². The van der Waals surface area contributed by atoms with Crippen LogP contribution >= 0.6 is 0 Å². The summed E-state index contributed by atoms with van der Waals surface area (Å²) in [5.74, 6) is 0.954. The van der Waals surface area contributed by atoms with Crippen molar-refractivity contribution in [2.45, 2.75) is 51.6 Å². The van der Waals surface area contributed by atoms with Crippen LogP contribution in [0.2, 0.25) is 0 Å². The number of methoxy groups -OCH3 is 1. The van der Waals surface area contributed by atoms with Gasteiger partial charge in [0, 0.05) is 5.41 Å². The minimum absolute atomic E-state index is 0.0267. The van der Waals surface area contributed by atoms with Crippen LogP contribution in [0.5, 0.6) is 5.75 Å². The molecule has 0 saturated carbocycles. The fourth-order valence-electron chi connectivity index (χ4n) is 4.62. The van der Waals surface area contributed by atoms with Gasteiger partial charge in [0.1, 0.15) is 5.75 Å². The molecule has 22 heavy (non-hydrogen) atoms. The van der Waals surface area contributed by atoms with E-state index in [0.29, 0.717) is 0 Å². The molecule has 0 spiro atoms. The summed E-state index contributed by atoms with van der Waals surface area (Å²) >= 11 is 0. The predicted molar refractivity (Wildman–Crippen MR) is 88.9 cm³/mol. The quantitative estimate of drug-likeness (QED) is 0.838. The SMILES string of the molecule is COc1ccc2c(c1)CCC1=C2CC[C@]2(C)C1=CCC[C@@H]2O. The van der Waals surface area contributed by atoms with E-state index in [4.69, 9.17) is 4.74 Å². The van der Waals surface area contributed by atoms with Gasteiger partial charge >= 0.3 is 0 Å². The third-order valence-electron chi connectivity index (χ3n) is 6.00. The maximum atomic E-state index is 10.5. The molecular formula is C20H24O2. The van der Waals surface area contributed by atoms with Gasteiger partial charge in [-0.3, -0.25) is 0 Å². The number of rotatable bonds is 1. The van der Waals surface area contributed by atoms with Gasteiger partial charge in [0.15, 0.2) is 0 Å². The first-order valence-corrected chi connectivity index (χ1v) is 8.42. The van der Waals surface area contributed by atoms with Crippen LogP contribution in [0.4, 0.5) is 0 Å². The van der Waals surface area contributed by atoms with Crippen LogP contribution < -0.4 is 4.74 Å². The lowest BCUT2D eigenvalue weighted by Gasteiger charge is -2.46. The maximum absolute atomic E-state index is 10.5. The Morgan fingerprint density at radius 1 is 1.18 bits per heavy atom. The van der Waals surface area contributed by atoms with Crippen molar-refractivity contribution < 1.29 is 9.84 Å². The third-order valence-corrected chi connectivity index (χ3v) is 6.00. The van der Waals surface area contributed by atoms with Gasteiger partial charge < -0.3 is 9.84 Å². The lowest BCUT2D eigenvalue weighted by Crippen LogP contribution is -2.40. The van der Waals surface area contributed by atoms with Gasteiger partial charge in [0.25, 0.3) is 0 Å². The maximum Gasteiger partial charge on any atom is 0.119 e. The van der Waals surface area contributed by atoms with Gasteiger partial charge in [0.05, 0.1) is 13.2 Å². The summed E-state index contributed by atoms with van der Waals surface area (Å²) in [5.41, 5.74) is 7.27. The summed E-state index contributed by atoms with van der Waals surface area (Å²) in [7, 11) is 1.73. The van der Waals surface area contributed by atoms with E-state index >= 15 is 0 Å². The zero-order valence-corrected chi connectivity index (χ0v) is 13.5. The molecule has 0 fully saturated rings. The van der Waals surface area contributed by atoms with E-state index < -0.39 is 0 Å². The van der Waals surface area contributed by atoms with E-state index in [-0.39, 0.29) is 11.5 Å². The molecule has 1 N–H and O–H groups in total. The van der Waals surface area contributed by atoms with Gasteiger partial charge in [-0.1, -0.05) is 19.1 Å². The van der Waals surface area contributed by atoms with Gasteiger partial charge in [-0.15, -0.1) is 0 Å². The van der Waals surface area contributed by atoms with E-state index in [9.17, 15) is 5.11 Å². The number of allylic oxidation sites excluding steroid dienone is 3. The van der Waals surface area contributed by atoms with Crippen LogP contribution in [0.25, 0.3) is 5.57 Å². The summed E-state index contributed by atoms with van der Waals surface area (Å²) in [6.45, 7) is 2.26. The molecule has 3 aliphatic carbocycles. The first-order valence-electron chi connectivity index (χ1n) is 8.42. The second kappa shape index (κ2) is 4.99. The van der Waals surface area contributed by atoms with Crippen molar-refractivity contribution in [3.05, 3.63) is 46.5 Å². The third kappa shape index (κ3) is 1.90. The summed E-state index contributed by atoms with van der Waals surface area (Å²) in [5, 5.41) is 10.5. The molecule has 2 heteroatoms. The lowest BCUT2D eigenvalue weighted by atomic mass is 9.60. The van der Waals surface area contributed by atoms with Crippen molar-refractivity contribution in [3.8, 4) is 5.75 Å². The van der Waals surface area contributed by atoms with Crippen molar-refractivity contribution in [1.29, 1.82) is 0 Å². The Balaban J connectivity index is 1.83. The Morgan fingerprint density at radius 3 is 2.86 bits per heavy atom. The van der Waals surface area contributed by atoms with Crippen LogP contribution in [0.1, 0.15) is 50.2 Å². The van der Waals surface area contributed by atoms with Crippen LogP contribution in [-0.4, -0.2) is 18.3 Å². The highest BCUT2D eigenvalue weighted by atomic mass is 16.5. The van der Waals surface area contributed by atoms with Crippen LogP contribution in [0, 0.1) is 5.41 Å². The monoisotopic (exact) mass is 296 g/mol. The number of hydrogen-bond acceptors (Lipinski definition) is 2. The molecular weight excluding hydrogens is 272 g/mol. The number of aryl methyl sites for hydroxylation is 1. The minimum Gasteiger partial charge on any atom is -0.497 e. The molecule has 3 aliphatic rings. The smallest absolute Gasteiger partial charge is 0.119 e. The molecule has 1 aromatic carbocycles. The molecule has 0 saturated heterocycles. The van der Waals surface area contributed by atoms with Crippen molar-refractivity contribution in [1.82, 2.24) is 0 Å². The Labute approximate surface area is 132 Å². The van der Waals surface area contributed by atoms with E-state index in [1.54, 1.807) is 7.11 Å². The molecule has 0 unspecified atom stereocenters. The summed E-state index contributed by atoms with van der Waals surface area (Å²) in [6.07, 6.45) is 8.46. The van der Waals surface area contributed by atoms with E-state index in [0.717, 1.165) is 44.3 Å². The van der Waals surface area contributed by atoms with Crippen molar-refractivity contribution >= 4 is 5.57 Å². The summed E-state index contributed by atoms with van der Waals surface area (Å²) in [6, 6.07) is 6.49. The normalized spacial score (nSPS) is 30.1. The molecule has 116 valence electrons. The number of aliphatic hydroxyl groups is 1. The average Bonchev–Trinajstić information content (AvgIpc) is 2.55. The Kier molecular flexibility index (Phi) is 3.19. The fourth-order valence-corrected chi connectivity index (χ4v) is 4.62. The number of fused-ring (bicyclic) bond motifs is 4. The van der Waals surface area contributed by atoms with Gasteiger partial charge in [0.2, 0.25) is 0 Å². The molecule has 2 nitrogen and oxygen atoms in total. The molecule has 1 aromatic rings. The van der Waals surface area contributed by atoms with Crippen LogP contribution in [0.3, 0.4) is 0 Å². The summed E-state index contributed by atoms with van der Waals surface area (Å²) < 4.78 is 5.37. The number of hydrogen-bond donors (Lipinski definition) is 1. The zero-order chi connectivity index (χ0) is 15.3. The lowest BCUT2D eigenvalue weighted by molar-refractivity contribution is 0.0432. The standard InChI is InChI=1S/C20H24O2/c1-20-11-10-16-15-9-7-14(22-2)12-13(15)6-8-17(16)18(20)4-3-5-19(20)21/h4,7,9,12,19,21H,3,5-6,8,10-11H2,1-2H3/t19-,20+/m0/s1. The Hall–Kier alpha value is -1.54. The second-order valence-corrected chi connectivity index (χ2v) is 7.11. The molecule has 0 aliphatic heterocycles. The Bertz CT molecular complexity index is 683. The van der Waals surface area contributed by atoms with Crippen molar-refractivity contribution in [2.24, 2.45) is 5.41 Å². The molecule has 0 radical (unpaired) electrons. The van der Waals surface area contributed by atoms with Gasteiger partial charge in [-0.05, 0) is 78.5 Å². The molecule has 2 atom stereocenters. The average molecular weight is 296 g/mol. The predicted octanol–water partition coefficient (Wildman–Crippen LogP) is 4.28. The van der Waals surface area contributed by atoms with E-state index in [1.165, 1.54) is 27.8 Å². The van der Waals surface area contributed by atoms with Crippen LogP contribution in [0.15, 0.2) is 35.4 Å². The first kappa shape index (κ1) is 14.1. The van der Waals surface area contributed by atoms with Crippen molar-refractivity contribution in [3.63, 3.8) is 0 Å². The zero-order valence-electron chi connectivity index (χ0n) is 13.5. The number of aliphatic hydroxyl groups excluding tert-OH is 1. The molecule has 4 rings (SSSR count). The highest BCUT2D eigenvalue weighted by Gasteiger charge is 2.43. The van der Waals surface area contributed by atoms with Gasteiger partial charge in [-0.2, -0.15) is 0 Å². The number of benzene rings is 1. The Morgan fingerprint density at radius 2 is 2.05 bits per heavy atom. The van der Waals surface area contributed by atoms with E-state index in [1.807, 2.05) is 0 Å². The summed E-state index contributed by atoms with van der Waals surface area (Å²) in [4.78, 5) is 0. The minimum atomic E-state index is -0.182. The van der Waals surface area contributed by atoms with Crippen LogP contribution in [-0.2, 0) is 6.42 Å². The van der Waals surface area contributed by atoms with E-state index in [2.05, 4.69) is 31.2 Å². The molecule has 0 amide bonds. The first-order chi connectivity index (χ1) is 10.6. The largest absolute Gasteiger partial charge is 0.497 e. The topological polar surface area (TPSA) is 29.5 Å². The number of ether oxygens (including phenoxy) is 1. The fraction of sp³-hybridized carbons (Fsp3) is 0.500. The van der Waals surface area contributed by atoms with Gasteiger partial charge in [-0.25, -0.2) is 0 Å². The molecule has 0 heterocycles. The molecule has 0 aromatic heterocycles. The highest BCUT2D eigenvalue weighted by Crippen LogP contribution is 2.54.